The van der Waals surface area contributed by atoms with E-state index < -0.39 is 0 Å². The van der Waals surface area contributed by atoms with Gasteiger partial charge in [-0.3, -0.25) is 4.79 Å². The molecule has 1 atom stereocenters. The third-order valence-electron chi connectivity index (χ3n) is 2.91. The predicted octanol–water partition coefficient (Wildman–Crippen LogP) is 1.75. The van der Waals surface area contributed by atoms with E-state index in [0.29, 0.717) is 31.1 Å². The number of methoxy groups -OCH3 is 1. The molecule has 0 bridgehead atoms. The highest BCUT2D eigenvalue weighted by atomic mass is 127. The summed E-state index contributed by atoms with van der Waals surface area (Å²) in [6, 6.07) is 0.335. The van der Waals surface area contributed by atoms with Crippen LogP contribution in [0.15, 0.2) is 4.99 Å². The maximum absolute atomic E-state index is 11.6. The molecule has 0 fully saturated rings. The van der Waals surface area contributed by atoms with Gasteiger partial charge in [0.25, 0.3) is 0 Å². The van der Waals surface area contributed by atoms with Crippen LogP contribution >= 0.6 is 24.0 Å². The molecule has 0 aromatic carbocycles. The van der Waals surface area contributed by atoms with E-state index >= 15 is 0 Å². The van der Waals surface area contributed by atoms with Gasteiger partial charge in [-0.15, -0.1) is 24.0 Å². The van der Waals surface area contributed by atoms with Crippen LogP contribution < -0.4 is 16.0 Å². The molecule has 132 valence electrons. The molecular weight excluding hydrogens is 395 g/mol. The average Bonchev–Trinajstić information content (AvgIpc) is 2.43. The number of carbonyl (C=O) groups is 1. The van der Waals surface area contributed by atoms with Gasteiger partial charge in [0.05, 0.1) is 6.61 Å². The Morgan fingerprint density at radius 3 is 2.41 bits per heavy atom. The minimum atomic E-state index is -0.0981. The predicted molar refractivity (Wildman–Crippen MR) is 103 cm³/mol. The van der Waals surface area contributed by atoms with Crippen LogP contribution in [0, 0.1) is 5.92 Å². The van der Waals surface area contributed by atoms with Crippen molar-refractivity contribution in [3.63, 3.8) is 0 Å². The van der Waals surface area contributed by atoms with E-state index in [4.69, 9.17) is 4.74 Å². The van der Waals surface area contributed by atoms with Crippen molar-refractivity contribution < 1.29 is 9.53 Å². The number of amides is 1. The zero-order valence-electron chi connectivity index (χ0n) is 14.6. The Bertz CT molecular complexity index is 312. The molecule has 1 unspecified atom stereocenters. The van der Waals surface area contributed by atoms with Crippen LogP contribution in [0.3, 0.4) is 0 Å². The summed E-state index contributed by atoms with van der Waals surface area (Å²) in [5, 5.41) is 9.24. The van der Waals surface area contributed by atoms with Gasteiger partial charge in [-0.05, 0) is 32.6 Å². The second kappa shape index (κ2) is 15.3. The second-order valence-corrected chi connectivity index (χ2v) is 5.55. The van der Waals surface area contributed by atoms with Gasteiger partial charge in [0, 0.05) is 26.2 Å². The second-order valence-electron chi connectivity index (χ2n) is 5.55. The number of halogens is 1. The first kappa shape index (κ1) is 23.7. The molecule has 22 heavy (non-hydrogen) atoms. The van der Waals surface area contributed by atoms with E-state index in [2.05, 4.69) is 41.7 Å². The largest absolute Gasteiger partial charge is 0.383 e. The lowest BCUT2D eigenvalue weighted by atomic mass is 10.0. The first-order valence-corrected chi connectivity index (χ1v) is 7.80. The molecule has 0 heterocycles. The van der Waals surface area contributed by atoms with E-state index in [0.717, 1.165) is 13.0 Å². The van der Waals surface area contributed by atoms with Gasteiger partial charge >= 0.3 is 0 Å². The third kappa shape index (κ3) is 14.4. The van der Waals surface area contributed by atoms with E-state index in [-0.39, 0.29) is 36.4 Å². The number of hydrogen-bond acceptors (Lipinski definition) is 3. The molecule has 6 nitrogen and oxygen atoms in total. The average molecular weight is 428 g/mol. The molecular formula is C15H33IN4O2. The topological polar surface area (TPSA) is 74.8 Å². The summed E-state index contributed by atoms with van der Waals surface area (Å²) in [4.78, 5) is 15.9. The molecule has 0 spiro atoms. The number of nitrogens with zero attached hydrogens (tertiary/aromatic N) is 1. The molecule has 0 aliphatic heterocycles. The molecule has 0 radical (unpaired) electrons. The SMILES string of the molecule is CCNC(=NCC(=O)NCCOC)NC(C)CCC(C)C.I. The summed E-state index contributed by atoms with van der Waals surface area (Å²) in [5.41, 5.74) is 0. The smallest absolute Gasteiger partial charge is 0.241 e. The van der Waals surface area contributed by atoms with Gasteiger partial charge < -0.3 is 20.7 Å². The fraction of sp³-hybridized carbons (Fsp3) is 0.867. The zero-order chi connectivity index (χ0) is 16.1. The molecule has 0 rings (SSSR count). The van der Waals surface area contributed by atoms with E-state index in [1.165, 1.54) is 6.42 Å². The number of carbonyl (C=O) groups excluding carboxylic acids is 1. The van der Waals surface area contributed by atoms with Crippen molar-refractivity contribution >= 4 is 35.8 Å². The van der Waals surface area contributed by atoms with Crippen molar-refractivity contribution in [1.29, 1.82) is 0 Å². The lowest BCUT2D eigenvalue weighted by Gasteiger charge is -2.18. The number of aliphatic imine (C=N–C) groups is 1. The Hall–Kier alpha value is -0.570. The number of nitrogens with one attached hydrogen (secondary N) is 3. The quantitative estimate of drug-likeness (QED) is 0.215. The minimum absolute atomic E-state index is 0. The van der Waals surface area contributed by atoms with Crippen molar-refractivity contribution in [3.05, 3.63) is 0 Å². The highest BCUT2D eigenvalue weighted by Crippen LogP contribution is 2.06. The summed E-state index contributed by atoms with van der Waals surface area (Å²) >= 11 is 0. The molecule has 0 aliphatic carbocycles. The summed E-state index contributed by atoms with van der Waals surface area (Å²) in [6.07, 6.45) is 2.26. The van der Waals surface area contributed by atoms with Crippen molar-refractivity contribution in [3.8, 4) is 0 Å². The fourth-order valence-corrected chi connectivity index (χ4v) is 1.71. The van der Waals surface area contributed by atoms with Crippen LogP contribution in [0.4, 0.5) is 0 Å². The monoisotopic (exact) mass is 428 g/mol. The number of guanidine groups is 1. The summed E-state index contributed by atoms with van der Waals surface area (Å²) in [6.45, 7) is 10.5. The van der Waals surface area contributed by atoms with Crippen LogP contribution in [0.2, 0.25) is 0 Å². The molecule has 1 amide bonds. The van der Waals surface area contributed by atoms with Gasteiger partial charge in [-0.1, -0.05) is 13.8 Å². The lowest BCUT2D eigenvalue weighted by molar-refractivity contribution is -0.119. The van der Waals surface area contributed by atoms with Gasteiger partial charge in [0.15, 0.2) is 5.96 Å². The number of rotatable bonds is 10. The van der Waals surface area contributed by atoms with Crippen LogP contribution in [-0.4, -0.2) is 51.3 Å². The lowest BCUT2D eigenvalue weighted by Crippen LogP contribution is -2.43. The van der Waals surface area contributed by atoms with Crippen molar-refractivity contribution in [2.24, 2.45) is 10.9 Å². The number of hydrogen-bond donors (Lipinski definition) is 3. The van der Waals surface area contributed by atoms with Crippen molar-refractivity contribution in [1.82, 2.24) is 16.0 Å². The Morgan fingerprint density at radius 2 is 1.86 bits per heavy atom. The summed E-state index contributed by atoms with van der Waals surface area (Å²) in [7, 11) is 1.61. The van der Waals surface area contributed by atoms with Gasteiger partial charge in [0.1, 0.15) is 6.54 Å². The van der Waals surface area contributed by atoms with Crippen LogP contribution in [0.5, 0.6) is 0 Å². The molecule has 0 saturated carbocycles. The van der Waals surface area contributed by atoms with Gasteiger partial charge in [0.2, 0.25) is 5.91 Å². The maximum Gasteiger partial charge on any atom is 0.241 e. The van der Waals surface area contributed by atoms with E-state index in [1.54, 1.807) is 7.11 Å². The Balaban J connectivity index is 0. The Kier molecular flexibility index (Phi) is 16.5. The molecule has 3 N–H and O–H groups in total. The normalized spacial score (nSPS) is 12.5. The maximum atomic E-state index is 11.6. The van der Waals surface area contributed by atoms with Crippen molar-refractivity contribution in [2.45, 2.75) is 46.6 Å². The summed E-state index contributed by atoms with van der Waals surface area (Å²) < 4.78 is 4.88. The zero-order valence-corrected chi connectivity index (χ0v) is 16.9. The minimum Gasteiger partial charge on any atom is -0.383 e. The standard InChI is InChI=1S/C15H32N4O2.HI/c1-6-16-15(19-13(4)8-7-12(2)3)18-11-14(20)17-9-10-21-5;/h12-13H,6-11H2,1-5H3,(H,17,20)(H2,16,18,19);1H. The van der Waals surface area contributed by atoms with E-state index in [9.17, 15) is 4.79 Å². The van der Waals surface area contributed by atoms with Crippen LogP contribution in [0.25, 0.3) is 0 Å². The Labute approximate surface area is 152 Å². The molecule has 0 aliphatic rings. The van der Waals surface area contributed by atoms with Gasteiger partial charge in [-0.2, -0.15) is 0 Å². The highest BCUT2D eigenvalue weighted by molar-refractivity contribution is 14.0. The van der Waals surface area contributed by atoms with Gasteiger partial charge in [-0.25, -0.2) is 4.99 Å². The van der Waals surface area contributed by atoms with Crippen LogP contribution in [-0.2, 0) is 9.53 Å². The first-order chi connectivity index (χ1) is 9.99. The third-order valence-corrected chi connectivity index (χ3v) is 2.91. The summed E-state index contributed by atoms with van der Waals surface area (Å²) in [5.74, 6) is 1.29. The van der Waals surface area contributed by atoms with Crippen molar-refractivity contribution in [2.75, 3.05) is 33.4 Å². The highest BCUT2D eigenvalue weighted by Gasteiger charge is 2.07. The van der Waals surface area contributed by atoms with E-state index in [1.807, 2.05) is 6.92 Å². The molecule has 0 saturated heterocycles. The molecule has 0 aromatic heterocycles. The fourth-order valence-electron chi connectivity index (χ4n) is 1.71. The van der Waals surface area contributed by atoms with Crippen LogP contribution in [0.1, 0.15) is 40.5 Å². The first-order valence-electron chi connectivity index (χ1n) is 7.80. The molecule has 0 aromatic rings. The Morgan fingerprint density at radius 1 is 1.18 bits per heavy atom. The molecule has 7 heteroatoms. The number of ether oxygens (including phenoxy) is 1.